The highest BCUT2D eigenvalue weighted by Gasteiger charge is 2.43. The summed E-state index contributed by atoms with van der Waals surface area (Å²) in [4.78, 5) is 21.3. The van der Waals surface area contributed by atoms with Gasteiger partial charge in [0.15, 0.2) is 0 Å². The van der Waals surface area contributed by atoms with E-state index in [9.17, 15) is 4.79 Å². The number of nitrogens with zero attached hydrogens (tertiary/aromatic N) is 5. The minimum Gasteiger partial charge on any atom is -0.338 e. The van der Waals surface area contributed by atoms with Crippen molar-refractivity contribution >= 4 is 5.91 Å². The van der Waals surface area contributed by atoms with Crippen molar-refractivity contribution in [3.8, 4) is 0 Å². The molecule has 0 aliphatic carbocycles. The van der Waals surface area contributed by atoms with Crippen LogP contribution in [0.25, 0.3) is 0 Å². The zero-order valence-corrected chi connectivity index (χ0v) is 14.8. The van der Waals surface area contributed by atoms with E-state index in [1.165, 1.54) is 18.4 Å². The third-order valence-corrected chi connectivity index (χ3v) is 5.76. The van der Waals surface area contributed by atoms with Crippen LogP contribution in [0.1, 0.15) is 41.6 Å². The molecule has 0 radical (unpaired) electrons. The summed E-state index contributed by atoms with van der Waals surface area (Å²) in [7, 11) is 1.96. The molecule has 4 rings (SSSR count). The van der Waals surface area contributed by atoms with Gasteiger partial charge in [-0.1, -0.05) is 0 Å². The van der Waals surface area contributed by atoms with Gasteiger partial charge in [0.1, 0.15) is 0 Å². The molecular weight excluding hydrogens is 314 g/mol. The molecule has 25 heavy (non-hydrogen) atoms. The van der Waals surface area contributed by atoms with E-state index in [1.807, 2.05) is 35.0 Å². The van der Waals surface area contributed by atoms with Gasteiger partial charge in [0, 0.05) is 56.4 Å². The quantitative estimate of drug-likeness (QED) is 0.859. The smallest absolute Gasteiger partial charge is 0.255 e. The van der Waals surface area contributed by atoms with E-state index in [4.69, 9.17) is 0 Å². The Morgan fingerprint density at radius 2 is 2.04 bits per heavy atom. The molecule has 1 spiro atoms. The number of hydrogen-bond acceptors (Lipinski definition) is 4. The molecule has 1 amide bonds. The van der Waals surface area contributed by atoms with Crippen LogP contribution < -0.4 is 0 Å². The van der Waals surface area contributed by atoms with Gasteiger partial charge in [-0.3, -0.25) is 19.4 Å². The average molecular weight is 339 g/mol. The molecule has 4 heterocycles. The van der Waals surface area contributed by atoms with Gasteiger partial charge in [0.25, 0.3) is 5.91 Å². The van der Waals surface area contributed by atoms with E-state index in [-0.39, 0.29) is 11.4 Å². The summed E-state index contributed by atoms with van der Waals surface area (Å²) in [5.41, 5.74) is 2.22. The topological polar surface area (TPSA) is 54.3 Å². The number of aromatic nitrogens is 3. The van der Waals surface area contributed by atoms with Crippen molar-refractivity contribution < 1.29 is 4.79 Å². The lowest BCUT2D eigenvalue weighted by atomic mass is 9.84. The molecule has 2 saturated heterocycles. The molecule has 2 aliphatic rings. The highest BCUT2D eigenvalue weighted by molar-refractivity contribution is 5.93. The zero-order valence-electron chi connectivity index (χ0n) is 14.8. The Morgan fingerprint density at radius 1 is 1.20 bits per heavy atom. The molecule has 0 atom stereocenters. The van der Waals surface area contributed by atoms with E-state index < -0.39 is 0 Å². The van der Waals surface area contributed by atoms with Crippen LogP contribution in [0.2, 0.25) is 0 Å². The van der Waals surface area contributed by atoms with Crippen LogP contribution in [0, 0.1) is 0 Å². The number of aryl methyl sites for hydroxylation is 1. The van der Waals surface area contributed by atoms with Crippen molar-refractivity contribution in [2.75, 3.05) is 19.6 Å². The minimum atomic E-state index is 0.111. The zero-order chi connectivity index (χ0) is 17.3. The molecular formula is C19H25N5O. The SMILES string of the molecule is Cn1cc(CN2CCCC23CCN(C(=O)c2cccnc2)CC3)cn1. The van der Waals surface area contributed by atoms with E-state index in [2.05, 4.69) is 21.2 Å². The van der Waals surface area contributed by atoms with Crippen molar-refractivity contribution in [3.63, 3.8) is 0 Å². The predicted octanol–water partition coefficient (Wildman–Crippen LogP) is 2.09. The monoisotopic (exact) mass is 339 g/mol. The fourth-order valence-corrected chi connectivity index (χ4v) is 4.38. The lowest BCUT2D eigenvalue weighted by Crippen LogP contribution is -2.52. The summed E-state index contributed by atoms with van der Waals surface area (Å²) in [6.07, 6.45) is 12.0. The first-order valence-electron chi connectivity index (χ1n) is 9.08. The molecule has 6 heteroatoms. The van der Waals surface area contributed by atoms with Crippen LogP contribution in [0.4, 0.5) is 0 Å². The summed E-state index contributed by atoms with van der Waals surface area (Å²) in [6, 6.07) is 3.68. The second kappa shape index (κ2) is 6.59. The van der Waals surface area contributed by atoms with E-state index in [1.54, 1.807) is 12.4 Å². The molecule has 0 aromatic carbocycles. The molecule has 2 aromatic rings. The summed E-state index contributed by atoms with van der Waals surface area (Å²) in [5.74, 6) is 0.111. The van der Waals surface area contributed by atoms with Gasteiger partial charge in [-0.15, -0.1) is 0 Å². The Hall–Kier alpha value is -2.21. The number of likely N-dealkylation sites (tertiary alicyclic amines) is 2. The second-order valence-electron chi connectivity index (χ2n) is 7.31. The summed E-state index contributed by atoms with van der Waals surface area (Å²) in [5, 5.41) is 4.29. The van der Waals surface area contributed by atoms with Crippen LogP contribution in [0.3, 0.4) is 0 Å². The number of rotatable bonds is 3. The molecule has 2 fully saturated rings. The Morgan fingerprint density at radius 3 is 2.72 bits per heavy atom. The van der Waals surface area contributed by atoms with Crippen molar-refractivity contribution in [2.24, 2.45) is 7.05 Å². The van der Waals surface area contributed by atoms with Gasteiger partial charge in [0.2, 0.25) is 0 Å². The first-order valence-corrected chi connectivity index (χ1v) is 9.08. The first-order chi connectivity index (χ1) is 12.2. The first kappa shape index (κ1) is 16.3. The fourth-order valence-electron chi connectivity index (χ4n) is 4.38. The lowest BCUT2D eigenvalue weighted by Gasteiger charge is -2.45. The van der Waals surface area contributed by atoms with Crippen molar-refractivity contribution in [2.45, 2.75) is 37.8 Å². The molecule has 0 N–H and O–H groups in total. The highest BCUT2D eigenvalue weighted by atomic mass is 16.2. The third-order valence-electron chi connectivity index (χ3n) is 5.76. The van der Waals surface area contributed by atoms with E-state index in [0.717, 1.165) is 39.0 Å². The Balaban J connectivity index is 1.42. The van der Waals surface area contributed by atoms with Gasteiger partial charge in [-0.2, -0.15) is 5.10 Å². The molecule has 2 aliphatic heterocycles. The standard InChI is InChI=1S/C19H25N5O/c1-22-14-16(12-21-22)15-24-9-3-5-19(24)6-10-23(11-7-19)18(25)17-4-2-8-20-13-17/h2,4,8,12-14H,3,5-7,9-11,15H2,1H3. The van der Waals surface area contributed by atoms with Gasteiger partial charge >= 0.3 is 0 Å². The Kier molecular flexibility index (Phi) is 4.29. The van der Waals surface area contributed by atoms with Crippen molar-refractivity contribution in [1.82, 2.24) is 24.6 Å². The largest absolute Gasteiger partial charge is 0.338 e. The molecule has 6 nitrogen and oxygen atoms in total. The number of hydrogen-bond donors (Lipinski definition) is 0. The van der Waals surface area contributed by atoms with Crippen molar-refractivity contribution in [3.05, 3.63) is 48.0 Å². The van der Waals surface area contributed by atoms with E-state index >= 15 is 0 Å². The van der Waals surface area contributed by atoms with Gasteiger partial charge in [0.05, 0.1) is 11.8 Å². The van der Waals surface area contributed by atoms with Crippen LogP contribution in [-0.4, -0.2) is 55.6 Å². The number of carbonyl (C=O) groups excluding carboxylic acids is 1. The summed E-state index contributed by atoms with van der Waals surface area (Å²) >= 11 is 0. The number of amides is 1. The highest BCUT2D eigenvalue weighted by Crippen LogP contribution is 2.39. The number of pyridine rings is 1. The molecule has 0 bridgehead atoms. The van der Waals surface area contributed by atoms with Crippen molar-refractivity contribution in [1.29, 1.82) is 0 Å². The Bertz CT molecular complexity index is 733. The predicted molar refractivity (Wildman–Crippen MR) is 95.0 cm³/mol. The normalized spacial score (nSPS) is 20.3. The Labute approximate surface area is 148 Å². The summed E-state index contributed by atoms with van der Waals surface area (Å²) in [6.45, 7) is 3.77. The van der Waals surface area contributed by atoms with Crippen LogP contribution in [0.5, 0.6) is 0 Å². The van der Waals surface area contributed by atoms with E-state index in [0.29, 0.717) is 5.56 Å². The fraction of sp³-hybridized carbons (Fsp3) is 0.526. The molecule has 0 saturated carbocycles. The van der Waals surface area contributed by atoms with Crippen LogP contribution in [-0.2, 0) is 13.6 Å². The maximum absolute atomic E-state index is 12.6. The number of piperidine rings is 1. The van der Waals surface area contributed by atoms with Crippen LogP contribution in [0.15, 0.2) is 36.9 Å². The van der Waals surface area contributed by atoms with Gasteiger partial charge in [-0.05, 0) is 44.4 Å². The third kappa shape index (κ3) is 3.18. The molecule has 0 unspecified atom stereocenters. The number of carbonyl (C=O) groups is 1. The molecule has 2 aromatic heterocycles. The summed E-state index contributed by atoms with van der Waals surface area (Å²) < 4.78 is 1.87. The maximum atomic E-state index is 12.6. The van der Waals surface area contributed by atoms with Gasteiger partial charge < -0.3 is 4.90 Å². The minimum absolute atomic E-state index is 0.111. The molecule has 132 valence electrons. The second-order valence-corrected chi connectivity index (χ2v) is 7.31. The van der Waals surface area contributed by atoms with Crippen LogP contribution >= 0.6 is 0 Å². The lowest BCUT2D eigenvalue weighted by molar-refractivity contribution is 0.0383. The maximum Gasteiger partial charge on any atom is 0.255 e. The van der Waals surface area contributed by atoms with Gasteiger partial charge in [-0.25, -0.2) is 0 Å². The average Bonchev–Trinajstić information content (AvgIpc) is 3.23.